The van der Waals surface area contributed by atoms with E-state index in [2.05, 4.69) is 15.1 Å². The zero-order valence-corrected chi connectivity index (χ0v) is 18.9. The number of nitrogens with zero attached hydrogens (tertiary/aromatic N) is 2. The average Bonchev–Trinajstić information content (AvgIpc) is 3.50. The third-order valence-electron chi connectivity index (χ3n) is 5.12. The van der Waals surface area contributed by atoms with Crippen LogP contribution in [0.1, 0.15) is 18.3 Å². The summed E-state index contributed by atoms with van der Waals surface area (Å²) in [6.45, 7) is 1.37. The SMILES string of the molecule is C/C(=N\OCC(=O)OCc1nc2scc(-c3ccccc3)c2c(=O)[nH]1)c1ccc2c(c1)OCO2. The average molecular weight is 477 g/mol. The lowest BCUT2D eigenvalue weighted by Gasteiger charge is -2.05. The molecule has 34 heavy (non-hydrogen) atoms. The van der Waals surface area contributed by atoms with E-state index in [9.17, 15) is 9.59 Å². The summed E-state index contributed by atoms with van der Waals surface area (Å²) in [6.07, 6.45) is 0. The number of hydrogen-bond donors (Lipinski definition) is 1. The lowest BCUT2D eigenvalue weighted by Crippen LogP contribution is -2.16. The van der Waals surface area contributed by atoms with Gasteiger partial charge in [0.25, 0.3) is 5.56 Å². The van der Waals surface area contributed by atoms with Gasteiger partial charge in [-0.25, -0.2) is 9.78 Å². The lowest BCUT2D eigenvalue weighted by molar-refractivity contribution is -0.150. The van der Waals surface area contributed by atoms with Crippen molar-refractivity contribution in [1.82, 2.24) is 9.97 Å². The van der Waals surface area contributed by atoms with E-state index in [1.165, 1.54) is 11.3 Å². The maximum atomic E-state index is 12.7. The summed E-state index contributed by atoms with van der Waals surface area (Å²) in [7, 11) is 0. The van der Waals surface area contributed by atoms with E-state index in [1.807, 2.05) is 41.8 Å². The first-order chi connectivity index (χ1) is 16.6. The Labute approximate surface area is 197 Å². The zero-order chi connectivity index (χ0) is 23.5. The van der Waals surface area contributed by atoms with Crippen molar-refractivity contribution in [2.24, 2.45) is 5.16 Å². The first kappa shape index (κ1) is 21.7. The molecule has 1 aliphatic rings. The number of H-pyrrole nitrogens is 1. The summed E-state index contributed by atoms with van der Waals surface area (Å²) in [4.78, 5) is 37.5. The van der Waals surface area contributed by atoms with Gasteiger partial charge in [0.15, 0.2) is 11.5 Å². The number of carbonyl (C=O) groups is 1. The van der Waals surface area contributed by atoms with Crippen LogP contribution in [0.3, 0.4) is 0 Å². The number of nitrogens with one attached hydrogen (secondary N) is 1. The van der Waals surface area contributed by atoms with Crippen LogP contribution in [-0.2, 0) is 21.0 Å². The maximum absolute atomic E-state index is 12.7. The monoisotopic (exact) mass is 477 g/mol. The van der Waals surface area contributed by atoms with Gasteiger partial charge in [-0.05, 0) is 30.7 Å². The highest BCUT2D eigenvalue weighted by Crippen LogP contribution is 2.33. The van der Waals surface area contributed by atoms with Crippen molar-refractivity contribution in [2.45, 2.75) is 13.5 Å². The molecule has 2 aromatic carbocycles. The van der Waals surface area contributed by atoms with E-state index in [0.29, 0.717) is 27.4 Å². The number of hydrogen-bond acceptors (Lipinski definition) is 9. The highest BCUT2D eigenvalue weighted by molar-refractivity contribution is 7.17. The van der Waals surface area contributed by atoms with E-state index >= 15 is 0 Å². The molecule has 3 heterocycles. The largest absolute Gasteiger partial charge is 0.455 e. The van der Waals surface area contributed by atoms with Crippen molar-refractivity contribution in [3.63, 3.8) is 0 Å². The normalized spacial score (nSPS) is 12.7. The molecule has 0 bridgehead atoms. The van der Waals surface area contributed by atoms with Crippen LogP contribution in [0.4, 0.5) is 0 Å². The minimum absolute atomic E-state index is 0.184. The predicted octanol–water partition coefficient (Wildman–Crippen LogP) is 3.86. The summed E-state index contributed by atoms with van der Waals surface area (Å²) in [5.41, 5.74) is 2.82. The third-order valence-corrected chi connectivity index (χ3v) is 5.99. The Balaban J connectivity index is 1.19. The molecule has 172 valence electrons. The van der Waals surface area contributed by atoms with Gasteiger partial charge in [0.1, 0.15) is 17.3 Å². The second kappa shape index (κ2) is 9.36. The molecule has 0 amide bonds. The number of esters is 1. The first-order valence-corrected chi connectivity index (χ1v) is 11.2. The Morgan fingerprint density at radius 3 is 2.85 bits per heavy atom. The van der Waals surface area contributed by atoms with Gasteiger partial charge in [0.2, 0.25) is 13.4 Å². The van der Waals surface area contributed by atoms with Crippen molar-refractivity contribution in [2.75, 3.05) is 13.4 Å². The summed E-state index contributed by atoms with van der Waals surface area (Å²) < 4.78 is 15.8. The number of thiophene rings is 1. The number of rotatable bonds is 7. The van der Waals surface area contributed by atoms with Crippen molar-refractivity contribution < 1.29 is 23.8 Å². The molecule has 0 aliphatic carbocycles. The van der Waals surface area contributed by atoms with Crippen molar-refractivity contribution in [3.05, 3.63) is 75.7 Å². The lowest BCUT2D eigenvalue weighted by atomic mass is 10.1. The fraction of sp³-hybridized carbons (Fsp3) is 0.167. The van der Waals surface area contributed by atoms with Gasteiger partial charge in [0, 0.05) is 16.5 Å². The van der Waals surface area contributed by atoms with Gasteiger partial charge in [-0.1, -0.05) is 35.5 Å². The van der Waals surface area contributed by atoms with Crippen LogP contribution in [0, 0.1) is 0 Å². The summed E-state index contributed by atoms with van der Waals surface area (Å²) in [5.74, 6) is 0.921. The molecule has 4 aromatic rings. The maximum Gasteiger partial charge on any atom is 0.347 e. The number of aromatic amines is 1. The molecule has 0 saturated heterocycles. The Bertz CT molecular complexity index is 1440. The molecule has 5 rings (SSSR count). The van der Waals surface area contributed by atoms with Crippen LogP contribution >= 0.6 is 11.3 Å². The van der Waals surface area contributed by atoms with Crippen LogP contribution in [0.15, 0.2) is 63.9 Å². The van der Waals surface area contributed by atoms with Crippen molar-refractivity contribution >= 4 is 33.2 Å². The number of oxime groups is 1. The number of aromatic nitrogens is 2. The topological polar surface area (TPSA) is 112 Å². The Hall–Kier alpha value is -4.18. The predicted molar refractivity (Wildman–Crippen MR) is 126 cm³/mol. The number of carbonyl (C=O) groups excluding carboxylic acids is 1. The van der Waals surface area contributed by atoms with Gasteiger partial charge in [-0.2, -0.15) is 0 Å². The fourth-order valence-electron chi connectivity index (χ4n) is 3.44. The molecule has 0 unspecified atom stereocenters. The molecule has 0 radical (unpaired) electrons. The van der Waals surface area contributed by atoms with Crippen LogP contribution in [-0.4, -0.2) is 35.0 Å². The molecule has 0 atom stereocenters. The second-order valence-electron chi connectivity index (χ2n) is 7.39. The third kappa shape index (κ3) is 4.48. The van der Waals surface area contributed by atoms with Gasteiger partial charge in [0.05, 0.1) is 11.1 Å². The van der Waals surface area contributed by atoms with Crippen molar-refractivity contribution in [1.29, 1.82) is 0 Å². The highest BCUT2D eigenvalue weighted by atomic mass is 32.1. The van der Waals surface area contributed by atoms with E-state index < -0.39 is 5.97 Å². The van der Waals surface area contributed by atoms with Gasteiger partial charge >= 0.3 is 5.97 Å². The molecule has 0 saturated carbocycles. The Kier molecular flexibility index (Phi) is 5.96. The smallest absolute Gasteiger partial charge is 0.347 e. The molecular formula is C24H19N3O6S. The van der Waals surface area contributed by atoms with E-state index in [0.717, 1.165) is 16.7 Å². The molecule has 1 aliphatic heterocycles. The second-order valence-corrected chi connectivity index (χ2v) is 8.25. The molecule has 2 aromatic heterocycles. The number of ether oxygens (including phenoxy) is 3. The van der Waals surface area contributed by atoms with Crippen LogP contribution in [0.5, 0.6) is 11.5 Å². The Morgan fingerprint density at radius 1 is 1.18 bits per heavy atom. The summed E-state index contributed by atoms with van der Waals surface area (Å²) in [5, 5.41) is 6.36. The van der Waals surface area contributed by atoms with E-state index in [4.69, 9.17) is 19.0 Å². The summed E-state index contributed by atoms with van der Waals surface area (Å²) in [6, 6.07) is 15.0. The standard InChI is InChI=1S/C24H19N3O6S/c1-14(16-7-8-18-19(9-16)32-13-31-18)27-33-11-21(28)30-10-20-25-23(29)22-17(12-34-24(22)26-20)15-5-3-2-4-6-15/h2-9,12H,10-11,13H2,1H3,(H,25,26,29)/b27-14+. The Morgan fingerprint density at radius 2 is 2.00 bits per heavy atom. The molecule has 0 fully saturated rings. The molecule has 0 spiro atoms. The van der Waals surface area contributed by atoms with Crippen LogP contribution in [0.25, 0.3) is 21.3 Å². The minimum atomic E-state index is -0.638. The quantitative estimate of drug-likeness (QED) is 0.244. The molecule has 10 heteroatoms. The number of fused-ring (bicyclic) bond motifs is 2. The van der Waals surface area contributed by atoms with Gasteiger partial charge < -0.3 is 24.0 Å². The fourth-order valence-corrected chi connectivity index (χ4v) is 4.41. The zero-order valence-electron chi connectivity index (χ0n) is 18.1. The molecule has 9 nitrogen and oxygen atoms in total. The first-order valence-electron chi connectivity index (χ1n) is 10.4. The summed E-state index contributed by atoms with van der Waals surface area (Å²) >= 11 is 1.36. The van der Waals surface area contributed by atoms with E-state index in [1.54, 1.807) is 19.1 Å². The molecule has 1 N–H and O–H groups in total. The van der Waals surface area contributed by atoms with E-state index in [-0.39, 0.29) is 31.4 Å². The van der Waals surface area contributed by atoms with Crippen LogP contribution in [0.2, 0.25) is 0 Å². The van der Waals surface area contributed by atoms with Gasteiger partial charge in [-0.15, -0.1) is 11.3 Å². The minimum Gasteiger partial charge on any atom is -0.455 e. The van der Waals surface area contributed by atoms with Crippen LogP contribution < -0.4 is 15.0 Å². The molecular weight excluding hydrogens is 458 g/mol. The highest BCUT2D eigenvalue weighted by Gasteiger charge is 2.15. The number of benzene rings is 2. The van der Waals surface area contributed by atoms with Gasteiger partial charge in [-0.3, -0.25) is 4.79 Å². The van der Waals surface area contributed by atoms with Crippen molar-refractivity contribution in [3.8, 4) is 22.6 Å².